The van der Waals surface area contributed by atoms with E-state index < -0.39 is 0 Å². The topological polar surface area (TPSA) is 86.9 Å². The Morgan fingerprint density at radius 1 is 1.46 bits per heavy atom. The molecule has 1 aromatic heterocycles. The normalized spacial score (nSPS) is 19.0. The van der Waals surface area contributed by atoms with Crippen molar-refractivity contribution in [3.05, 3.63) is 30.1 Å². The Balaban J connectivity index is 1.73. The monoisotopic (exact) mass is 346 g/mol. The zero-order valence-corrected chi connectivity index (χ0v) is 14.5. The second kappa shape index (κ2) is 7.70. The maximum Gasteiger partial charge on any atom is 0.225 e. The van der Waals surface area contributed by atoms with Crippen LogP contribution >= 0.6 is 11.8 Å². The van der Waals surface area contributed by atoms with Crippen LogP contribution in [0.25, 0.3) is 11.0 Å². The first-order chi connectivity index (χ1) is 11.7. The average molecular weight is 346 g/mol. The van der Waals surface area contributed by atoms with Crippen molar-refractivity contribution in [1.29, 1.82) is 0 Å². The number of hydrogen-bond acceptors (Lipinski definition) is 4. The van der Waals surface area contributed by atoms with Crippen LogP contribution in [0.15, 0.2) is 24.3 Å². The van der Waals surface area contributed by atoms with E-state index in [1.165, 1.54) is 0 Å². The van der Waals surface area contributed by atoms with Crippen molar-refractivity contribution in [3.63, 3.8) is 0 Å². The number of fused-ring (bicyclic) bond motifs is 1. The summed E-state index contributed by atoms with van der Waals surface area (Å²) < 4.78 is 0. The summed E-state index contributed by atoms with van der Waals surface area (Å²) in [5, 5.41) is 5.88. The molecule has 1 aliphatic heterocycles. The maximum absolute atomic E-state index is 12.6. The van der Waals surface area contributed by atoms with E-state index in [-0.39, 0.29) is 23.8 Å². The number of nitrogens with zero attached hydrogens (tertiary/aromatic N) is 1. The van der Waals surface area contributed by atoms with Crippen LogP contribution in [-0.2, 0) is 9.59 Å². The third-order valence-electron chi connectivity index (χ3n) is 4.30. The second-order valence-electron chi connectivity index (χ2n) is 6.02. The Kier molecular flexibility index (Phi) is 5.40. The standard InChI is InChI=1S/C17H22N4O2S/c1-24-9-8-14(16-19-12-4-2-3-5-13(12)20-16)21-17(23)11-6-7-15(22)18-10-11/h2-5,11,14H,6-10H2,1H3,(H,18,22)(H,19,20)(H,21,23)/t11-,14+/m0/s1. The minimum Gasteiger partial charge on any atom is -0.355 e. The third kappa shape index (κ3) is 3.90. The van der Waals surface area contributed by atoms with Crippen LogP contribution in [0.3, 0.4) is 0 Å². The molecule has 1 saturated heterocycles. The molecule has 6 nitrogen and oxygen atoms in total. The highest BCUT2D eigenvalue weighted by Crippen LogP contribution is 2.21. The average Bonchev–Trinajstić information content (AvgIpc) is 3.03. The van der Waals surface area contributed by atoms with Crippen molar-refractivity contribution in [3.8, 4) is 0 Å². The number of nitrogens with one attached hydrogen (secondary N) is 3. The number of carbonyl (C=O) groups is 2. The van der Waals surface area contributed by atoms with Crippen molar-refractivity contribution in [1.82, 2.24) is 20.6 Å². The minimum atomic E-state index is -0.163. The minimum absolute atomic E-state index is 0.0124. The van der Waals surface area contributed by atoms with E-state index in [2.05, 4.69) is 20.6 Å². The molecule has 1 aromatic carbocycles. The lowest BCUT2D eigenvalue weighted by molar-refractivity contribution is -0.129. The number of aromatic nitrogens is 2. The van der Waals surface area contributed by atoms with Gasteiger partial charge in [-0.25, -0.2) is 4.98 Å². The molecule has 0 bridgehead atoms. The Morgan fingerprint density at radius 2 is 2.29 bits per heavy atom. The number of carbonyl (C=O) groups excluding carboxylic acids is 2. The summed E-state index contributed by atoms with van der Waals surface area (Å²) in [6, 6.07) is 7.71. The quantitative estimate of drug-likeness (QED) is 0.747. The van der Waals surface area contributed by atoms with Gasteiger partial charge in [-0.3, -0.25) is 9.59 Å². The van der Waals surface area contributed by atoms with Crippen molar-refractivity contribution in [2.24, 2.45) is 5.92 Å². The number of aromatic amines is 1. The van der Waals surface area contributed by atoms with Crippen molar-refractivity contribution >= 4 is 34.6 Å². The molecule has 0 aliphatic carbocycles. The molecule has 1 fully saturated rings. The predicted molar refractivity (Wildman–Crippen MR) is 95.7 cm³/mol. The summed E-state index contributed by atoms with van der Waals surface area (Å²) in [5.74, 6) is 1.57. The molecule has 0 unspecified atom stereocenters. The molecule has 2 amide bonds. The summed E-state index contributed by atoms with van der Waals surface area (Å²) >= 11 is 1.74. The number of thioether (sulfide) groups is 1. The van der Waals surface area contributed by atoms with Crippen LogP contribution in [0.2, 0.25) is 0 Å². The largest absolute Gasteiger partial charge is 0.355 e. The summed E-state index contributed by atoms with van der Waals surface area (Å²) in [6.07, 6.45) is 3.88. The van der Waals surface area contributed by atoms with Gasteiger partial charge in [0, 0.05) is 13.0 Å². The highest BCUT2D eigenvalue weighted by atomic mass is 32.2. The first kappa shape index (κ1) is 16.8. The molecule has 0 spiro atoms. The molecule has 3 rings (SSSR count). The number of imidazole rings is 1. The summed E-state index contributed by atoms with van der Waals surface area (Å²) in [6.45, 7) is 0.417. The van der Waals surface area contributed by atoms with Gasteiger partial charge >= 0.3 is 0 Å². The van der Waals surface area contributed by atoms with E-state index in [1.807, 2.05) is 30.5 Å². The van der Waals surface area contributed by atoms with Crippen molar-refractivity contribution < 1.29 is 9.59 Å². The lowest BCUT2D eigenvalue weighted by Gasteiger charge is -2.24. The van der Waals surface area contributed by atoms with Crippen LogP contribution in [0.5, 0.6) is 0 Å². The van der Waals surface area contributed by atoms with E-state index in [9.17, 15) is 9.59 Å². The van der Waals surface area contributed by atoms with Crippen LogP contribution in [-0.4, -0.2) is 40.3 Å². The molecule has 24 heavy (non-hydrogen) atoms. The Labute approximate surface area is 145 Å². The molecule has 0 saturated carbocycles. The smallest absolute Gasteiger partial charge is 0.225 e. The van der Waals surface area contributed by atoms with Crippen LogP contribution in [0.1, 0.15) is 31.1 Å². The van der Waals surface area contributed by atoms with E-state index in [1.54, 1.807) is 11.8 Å². The number of benzene rings is 1. The number of amides is 2. The molecule has 2 aromatic rings. The fraction of sp³-hybridized carbons (Fsp3) is 0.471. The molecule has 1 aliphatic rings. The lowest BCUT2D eigenvalue weighted by Crippen LogP contribution is -2.44. The van der Waals surface area contributed by atoms with E-state index >= 15 is 0 Å². The van der Waals surface area contributed by atoms with Gasteiger partial charge in [-0.2, -0.15) is 11.8 Å². The van der Waals surface area contributed by atoms with Gasteiger partial charge in [0.2, 0.25) is 11.8 Å². The Hall–Kier alpha value is -2.02. The molecular weight excluding hydrogens is 324 g/mol. The van der Waals surface area contributed by atoms with Gasteiger partial charge in [-0.1, -0.05) is 12.1 Å². The molecule has 2 atom stereocenters. The highest BCUT2D eigenvalue weighted by molar-refractivity contribution is 7.98. The van der Waals surface area contributed by atoms with Crippen LogP contribution in [0.4, 0.5) is 0 Å². The first-order valence-corrected chi connectivity index (χ1v) is 9.57. The number of piperidine rings is 1. The van der Waals surface area contributed by atoms with Crippen molar-refractivity contribution in [2.45, 2.75) is 25.3 Å². The SMILES string of the molecule is CSCC[C@@H](NC(=O)[C@H]1CCC(=O)NC1)c1nc2ccccc2[nH]1. The Bertz CT molecular complexity index is 687. The van der Waals surface area contributed by atoms with Gasteiger partial charge in [0.15, 0.2) is 0 Å². The van der Waals surface area contributed by atoms with Gasteiger partial charge in [0.25, 0.3) is 0 Å². The van der Waals surface area contributed by atoms with Gasteiger partial charge in [0.05, 0.1) is 23.0 Å². The summed E-state index contributed by atoms with van der Waals surface area (Å²) in [4.78, 5) is 31.8. The van der Waals surface area contributed by atoms with E-state index in [4.69, 9.17) is 0 Å². The maximum atomic E-state index is 12.6. The van der Waals surface area contributed by atoms with Crippen LogP contribution < -0.4 is 10.6 Å². The molecular formula is C17H22N4O2S. The molecule has 128 valence electrons. The van der Waals surface area contributed by atoms with Crippen LogP contribution in [0, 0.1) is 5.92 Å². The fourth-order valence-electron chi connectivity index (χ4n) is 2.90. The predicted octanol–water partition coefficient (Wildman–Crippen LogP) is 2.00. The molecule has 3 N–H and O–H groups in total. The van der Waals surface area contributed by atoms with Crippen molar-refractivity contribution in [2.75, 3.05) is 18.6 Å². The number of hydrogen-bond donors (Lipinski definition) is 3. The van der Waals surface area contributed by atoms with Gasteiger partial charge in [-0.15, -0.1) is 0 Å². The molecule has 7 heteroatoms. The van der Waals surface area contributed by atoms with E-state index in [0.717, 1.165) is 29.0 Å². The highest BCUT2D eigenvalue weighted by Gasteiger charge is 2.27. The number of H-pyrrole nitrogens is 1. The molecule has 0 radical (unpaired) electrons. The molecule has 2 heterocycles. The van der Waals surface area contributed by atoms with Gasteiger partial charge in [0.1, 0.15) is 5.82 Å². The fourth-order valence-corrected chi connectivity index (χ4v) is 3.37. The summed E-state index contributed by atoms with van der Waals surface area (Å²) in [5.41, 5.74) is 1.88. The lowest BCUT2D eigenvalue weighted by atomic mass is 9.98. The first-order valence-electron chi connectivity index (χ1n) is 8.18. The van der Waals surface area contributed by atoms with E-state index in [0.29, 0.717) is 19.4 Å². The Morgan fingerprint density at radius 3 is 3.00 bits per heavy atom. The number of para-hydroxylation sites is 2. The second-order valence-corrected chi connectivity index (χ2v) is 7.01. The van der Waals surface area contributed by atoms with Gasteiger partial charge in [-0.05, 0) is 37.0 Å². The van der Waals surface area contributed by atoms with Gasteiger partial charge < -0.3 is 15.6 Å². The number of rotatable bonds is 6. The zero-order chi connectivity index (χ0) is 16.9. The summed E-state index contributed by atoms with van der Waals surface area (Å²) in [7, 11) is 0. The zero-order valence-electron chi connectivity index (χ0n) is 13.7. The third-order valence-corrected chi connectivity index (χ3v) is 4.95.